The van der Waals surface area contributed by atoms with Crippen LogP contribution in [0.4, 0.5) is 0 Å². The van der Waals surface area contributed by atoms with Crippen LogP contribution in [-0.4, -0.2) is 51.7 Å². The van der Waals surface area contributed by atoms with Gasteiger partial charge in [-0.15, -0.1) is 0 Å². The Hall–Kier alpha value is -2.18. The molecule has 4 atom stereocenters. The molecule has 28 heavy (non-hydrogen) atoms. The third-order valence-electron chi connectivity index (χ3n) is 6.93. The fourth-order valence-electron chi connectivity index (χ4n) is 5.51. The number of aryl methyl sites for hydroxylation is 2. The first-order valence-electron chi connectivity index (χ1n) is 10.2. The molecule has 2 aromatic rings. The number of amides is 1. The summed E-state index contributed by atoms with van der Waals surface area (Å²) in [4.78, 5) is 19.1. The van der Waals surface area contributed by atoms with Crippen molar-refractivity contribution in [1.29, 1.82) is 0 Å². The van der Waals surface area contributed by atoms with Crippen molar-refractivity contribution in [2.45, 2.75) is 38.0 Å². The monoisotopic (exact) mass is 380 g/mol. The number of rotatable bonds is 5. The molecule has 148 valence electrons. The van der Waals surface area contributed by atoms with Gasteiger partial charge in [-0.25, -0.2) is 4.98 Å². The van der Waals surface area contributed by atoms with E-state index in [9.17, 15) is 4.79 Å². The molecule has 1 aromatic carbocycles. The van der Waals surface area contributed by atoms with Crippen LogP contribution in [0.1, 0.15) is 34.5 Å². The van der Waals surface area contributed by atoms with E-state index in [0.29, 0.717) is 30.2 Å². The molecule has 3 saturated heterocycles. The molecule has 1 spiro atoms. The highest BCUT2D eigenvalue weighted by Crippen LogP contribution is 2.54. The maximum atomic E-state index is 12.5. The predicted molar refractivity (Wildman–Crippen MR) is 106 cm³/mol. The van der Waals surface area contributed by atoms with Gasteiger partial charge in [-0.05, 0) is 25.3 Å². The zero-order valence-electron chi connectivity index (χ0n) is 16.6. The Morgan fingerprint density at radius 2 is 2.18 bits per heavy atom. The Kier molecular flexibility index (Phi) is 4.29. The molecule has 3 fully saturated rings. The number of nitrogens with one attached hydrogen (secondary N) is 1. The highest BCUT2D eigenvalue weighted by Gasteiger charge is 2.62. The van der Waals surface area contributed by atoms with Gasteiger partial charge in [-0.3, -0.25) is 9.69 Å². The molecule has 4 heterocycles. The minimum Gasteiger partial charge on any atom is -0.370 e. The molecular formula is C22H28N4O2. The second-order valence-corrected chi connectivity index (χ2v) is 8.79. The van der Waals surface area contributed by atoms with Crippen molar-refractivity contribution < 1.29 is 9.53 Å². The van der Waals surface area contributed by atoms with Crippen molar-refractivity contribution in [1.82, 2.24) is 19.8 Å². The van der Waals surface area contributed by atoms with Gasteiger partial charge in [-0.2, -0.15) is 0 Å². The van der Waals surface area contributed by atoms with Crippen LogP contribution in [0.5, 0.6) is 0 Å². The Bertz CT molecular complexity index is 877. The standard InChI is InChI=1S/C22H28N4O2/c1-15-3-5-16(6-4-15)11-26-12-18-17(20-7-8-22(18,13-26)28-20)9-24-21(27)19-10-23-14-25(19)2/h3-6,10,14,17-18,20H,7-9,11-13H2,1-2H3,(H,24,27)/t17-,18+,20+,22+/m0/s1. The first kappa shape index (κ1) is 17.9. The van der Waals surface area contributed by atoms with Crippen molar-refractivity contribution in [2.75, 3.05) is 19.6 Å². The number of fused-ring (bicyclic) bond motifs is 1. The SMILES string of the molecule is Cc1ccc(CN2C[C@@H]3[C@H](CNC(=O)c4cncn4C)[C@H]4CC[C@]3(C2)O4)cc1. The Balaban J connectivity index is 1.25. The molecule has 0 unspecified atom stereocenters. The first-order valence-corrected chi connectivity index (χ1v) is 10.2. The minimum absolute atomic E-state index is 0.00269. The lowest BCUT2D eigenvalue weighted by atomic mass is 9.73. The van der Waals surface area contributed by atoms with Crippen LogP contribution in [0.15, 0.2) is 36.8 Å². The van der Waals surface area contributed by atoms with E-state index in [0.717, 1.165) is 32.5 Å². The van der Waals surface area contributed by atoms with E-state index in [4.69, 9.17) is 4.74 Å². The molecule has 6 heteroatoms. The van der Waals surface area contributed by atoms with E-state index in [1.54, 1.807) is 17.1 Å². The highest BCUT2D eigenvalue weighted by atomic mass is 16.5. The number of nitrogens with zero attached hydrogens (tertiary/aromatic N) is 3. The van der Waals surface area contributed by atoms with Crippen LogP contribution in [0.3, 0.4) is 0 Å². The van der Waals surface area contributed by atoms with Gasteiger partial charge in [0.15, 0.2) is 0 Å². The first-order chi connectivity index (χ1) is 13.5. The number of benzene rings is 1. The van der Waals surface area contributed by atoms with Crippen LogP contribution in [0.2, 0.25) is 0 Å². The van der Waals surface area contributed by atoms with Crippen molar-refractivity contribution in [3.05, 3.63) is 53.6 Å². The number of hydrogen-bond acceptors (Lipinski definition) is 4. The van der Waals surface area contributed by atoms with Crippen molar-refractivity contribution in [3.8, 4) is 0 Å². The predicted octanol–water partition coefficient (Wildman–Crippen LogP) is 2.14. The van der Waals surface area contributed by atoms with E-state index in [1.165, 1.54) is 11.1 Å². The summed E-state index contributed by atoms with van der Waals surface area (Å²) >= 11 is 0. The number of aromatic nitrogens is 2. The van der Waals surface area contributed by atoms with Crippen LogP contribution in [0, 0.1) is 18.8 Å². The molecule has 0 aliphatic carbocycles. The lowest BCUT2D eigenvalue weighted by Gasteiger charge is -2.29. The second-order valence-electron chi connectivity index (χ2n) is 8.79. The van der Waals surface area contributed by atoms with Crippen molar-refractivity contribution in [3.63, 3.8) is 0 Å². The van der Waals surface area contributed by atoms with Gasteiger partial charge in [0.2, 0.25) is 0 Å². The normalized spacial score (nSPS) is 31.3. The van der Waals surface area contributed by atoms with Crippen molar-refractivity contribution in [2.24, 2.45) is 18.9 Å². The fraction of sp³-hybridized carbons (Fsp3) is 0.545. The largest absolute Gasteiger partial charge is 0.370 e. The lowest BCUT2D eigenvalue weighted by molar-refractivity contribution is 0.00212. The van der Waals surface area contributed by atoms with E-state index >= 15 is 0 Å². The summed E-state index contributed by atoms with van der Waals surface area (Å²) in [5.74, 6) is 0.851. The average Bonchev–Trinajstić information content (AvgIpc) is 3.42. The number of ether oxygens (including phenoxy) is 1. The summed E-state index contributed by atoms with van der Waals surface area (Å²) in [5.41, 5.74) is 3.26. The average molecular weight is 380 g/mol. The quantitative estimate of drug-likeness (QED) is 0.863. The maximum absolute atomic E-state index is 12.5. The van der Waals surface area contributed by atoms with E-state index < -0.39 is 0 Å². The number of likely N-dealkylation sites (tertiary alicyclic amines) is 1. The van der Waals surface area contributed by atoms with Crippen molar-refractivity contribution >= 4 is 5.91 Å². The van der Waals surface area contributed by atoms with Gasteiger partial charge in [0.05, 0.1) is 24.2 Å². The molecule has 3 aliphatic heterocycles. The molecule has 1 aromatic heterocycles. The summed E-state index contributed by atoms with van der Waals surface area (Å²) in [6.07, 6.45) is 5.83. The molecule has 0 saturated carbocycles. The van der Waals surface area contributed by atoms with Gasteiger partial charge < -0.3 is 14.6 Å². The fourth-order valence-corrected chi connectivity index (χ4v) is 5.51. The molecule has 6 nitrogen and oxygen atoms in total. The Labute approximate surface area is 165 Å². The van der Waals surface area contributed by atoms with Crippen LogP contribution >= 0.6 is 0 Å². The number of carbonyl (C=O) groups excluding carboxylic acids is 1. The summed E-state index contributed by atoms with van der Waals surface area (Å²) < 4.78 is 8.28. The van der Waals surface area contributed by atoms with Gasteiger partial charge >= 0.3 is 0 Å². The third kappa shape index (κ3) is 2.95. The number of hydrogen-bond donors (Lipinski definition) is 1. The zero-order valence-corrected chi connectivity index (χ0v) is 16.6. The summed E-state index contributed by atoms with van der Waals surface area (Å²) in [7, 11) is 1.84. The Morgan fingerprint density at radius 3 is 2.93 bits per heavy atom. The molecule has 2 bridgehead atoms. The van der Waals surface area contributed by atoms with E-state index in [-0.39, 0.29) is 11.5 Å². The van der Waals surface area contributed by atoms with Crippen LogP contribution in [-0.2, 0) is 18.3 Å². The van der Waals surface area contributed by atoms with E-state index in [1.807, 2.05) is 7.05 Å². The Morgan fingerprint density at radius 1 is 1.36 bits per heavy atom. The van der Waals surface area contributed by atoms with Gasteiger partial charge in [0.25, 0.3) is 5.91 Å². The number of carbonyl (C=O) groups is 1. The maximum Gasteiger partial charge on any atom is 0.269 e. The molecule has 5 rings (SSSR count). The molecule has 3 aliphatic rings. The van der Waals surface area contributed by atoms with E-state index in [2.05, 4.69) is 46.4 Å². The molecule has 1 amide bonds. The molecule has 1 N–H and O–H groups in total. The third-order valence-corrected chi connectivity index (χ3v) is 6.93. The highest BCUT2D eigenvalue weighted by molar-refractivity contribution is 5.92. The zero-order chi connectivity index (χ0) is 19.3. The molecule has 0 radical (unpaired) electrons. The topological polar surface area (TPSA) is 59.4 Å². The van der Waals surface area contributed by atoms with Gasteiger partial charge in [0.1, 0.15) is 5.69 Å². The minimum atomic E-state index is -0.0497. The van der Waals surface area contributed by atoms with Gasteiger partial charge in [0, 0.05) is 45.1 Å². The second kappa shape index (κ2) is 6.71. The smallest absolute Gasteiger partial charge is 0.269 e. The summed E-state index contributed by atoms with van der Waals surface area (Å²) in [6, 6.07) is 8.82. The lowest BCUT2D eigenvalue weighted by Crippen LogP contribution is -2.42. The summed E-state index contributed by atoms with van der Waals surface area (Å²) in [5, 5.41) is 3.13. The van der Waals surface area contributed by atoms with Crippen LogP contribution in [0.25, 0.3) is 0 Å². The van der Waals surface area contributed by atoms with Crippen LogP contribution < -0.4 is 5.32 Å². The number of imidazole rings is 1. The van der Waals surface area contributed by atoms with Gasteiger partial charge in [-0.1, -0.05) is 29.8 Å². The summed E-state index contributed by atoms with van der Waals surface area (Å²) in [6.45, 7) is 5.84. The molecular weight excluding hydrogens is 352 g/mol.